The second-order valence-corrected chi connectivity index (χ2v) is 9.87. The largest absolute Gasteiger partial charge is 0.454 e. The van der Waals surface area contributed by atoms with Gasteiger partial charge in [0.2, 0.25) is 22.7 Å². The molecule has 7 nitrogen and oxygen atoms in total. The van der Waals surface area contributed by atoms with Gasteiger partial charge in [-0.25, -0.2) is 8.42 Å². The quantitative estimate of drug-likeness (QED) is 0.499. The van der Waals surface area contributed by atoms with E-state index in [4.69, 9.17) is 21.1 Å². The van der Waals surface area contributed by atoms with Crippen LogP contribution in [0, 0.1) is 0 Å². The maximum atomic E-state index is 13.3. The summed E-state index contributed by atoms with van der Waals surface area (Å²) < 4.78 is 38.4. The van der Waals surface area contributed by atoms with E-state index in [1.165, 1.54) is 28.6 Å². The highest BCUT2D eigenvalue weighted by Crippen LogP contribution is 2.32. The van der Waals surface area contributed by atoms with Crippen molar-refractivity contribution in [2.24, 2.45) is 0 Å². The topological polar surface area (TPSA) is 84.9 Å². The smallest absolute Gasteiger partial charge is 0.243 e. The molecule has 0 radical (unpaired) electrons. The molecule has 0 unspecified atom stereocenters. The van der Waals surface area contributed by atoms with Gasteiger partial charge < -0.3 is 14.8 Å². The maximum Gasteiger partial charge on any atom is 0.243 e. The first-order valence-electron chi connectivity index (χ1n) is 10.4. The van der Waals surface area contributed by atoms with Crippen LogP contribution >= 0.6 is 11.6 Å². The van der Waals surface area contributed by atoms with Gasteiger partial charge in [0.25, 0.3) is 0 Å². The lowest BCUT2D eigenvalue weighted by Crippen LogP contribution is -2.41. The van der Waals surface area contributed by atoms with Crippen molar-refractivity contribution in [2.45, 2.75) is 17.9 Å². The van der Waals surface area contributed by atoms with Gasteiger partial charge in [-0.3, -0.25) is 4.79 Å². The van der Waals surface area contributed by atoms with Crippen LogP contribution in [0.4, 0.5) is 0 Å². The van der Waals surface area contributed by atoms with E-state index in [0.717, 1.165) is 11.1 Å². The molecule has 1 aliphatic heterocycles. The van der Waals surface area contributed by atoms with E-state index in [9.17, 15) is 13.2 Å². The summed E-state index contributed by atoms with van der Waals surface area (Å²) in [6.07, 6.45) is 0.475. The normalized spacial score (nSPS) is 12.7. The minimum Gasteiger partial charge on any atom is -0.454 e. The van der Waals surface area contributed by atoms with Gasteiger partial charge >= 0.3 is 0 Å². The van der Waals surface area contributed by atoms with Gasteiger partial charge in [-0.1, -0.05) is 48.0 Å². The molecule has 0 aliphatic carbocycles. The molecule has 172 valence electrons. The Labute approximate surface area is 197 Å². The highest BCUT2D eigenvalue weighted by Gasteiger charge is 2.26. The van der Waals surface area contributed by atoms with Crippen LogP contribution in [0.2, 0.25) is 5.02 Å². The number of benzene rings is 3. The Balaban J connectivity index is 1.46. The third-order valence-electron chi connectivity index (χ3n) is 5.19. The van der Waals surface area contributed by atoms with Crippen LogP contribution in [0.15, 0.2) is 77.7 Å². The summed E-state index contributed by atoms with van der Waals surface area (Å²) in [6, 6.07) is 20.8. The van der Waals surface area contributed by atoms with Gasteiger partial charge in [-0.15, -0.1) is 0 Å². The minimum atomic E-state index is -3.90. The Morgan fingerprint density at radius 1 is 0.939 bits per heavy atom. The van der Waals surface area contributed by atoms with Crippen LogP contribution in [0.25, 0.3) is 0 Å². The number of nitrogens with one attached hydrogen (secondary N) is 1. The molecule has 9 heteroatoms. The fourth-order valence-corrected chi connectivity index (χ4v) is 4.93. The summed E-state index contributed by atoms with van der Waals surface area (Å²) in [5, 5.41) is 3.23. The molecule has 0 spiro atoms. The number of halogens is 1. The molecule has 0 saturated carbocycles. The lowest BCUT2D eigenvalue weighted by Gasteiger charge is -2.22. The van der Waals surface area contributed by atoms with E-state index in [1.54, 1.807) is 12.1 Å². The first kappa shape index (κ1) is 23.1. The minimum absolute atomic E-state index is 0.0866. The monoisotopic (exact) mass is 486 g/mol. The summed E-state index contributed by atoms with van der Waals surface area (Å²) in [7, 11) is -3.90. The van der Waals surface area contributed by atoms with Gasteiger partial charge in [0.15, 0.2) is 11.5 Å². The number of carbonyl (C=O) groups excluding carboxylic acids is 1. The average molecular weight is 487 g/mol. The fourth-order valence-electron chi connectivity index (χ4n) is 3.41. The molecule has 0 aromatic heterocycles. The van der Waals surface area contributed by atoms with Crippen molar-refractivity contribution in [3.8, 4) is 11.5 Å². The van der Waals surface area contributed by atoms with E-state index in [-0.39, 0.29) is 31.3 Å². The van der Waals surface area contributed by atoms with Crippen molar-refractivity contribution in [2.75, 3.05) is 19.9 Å². The van der Waals surface area contributed by atoms with E-state index < -0.39 is 15.9 Å². The van der Waals surface area contributed by atoms with Crippen LogP contribution in [-0.4, -0.2) is 38.5 Å². The van der Waals surface area contributed by atoms with Crippen LogP contribution in [0.1, 0.15) is 11.1 Å². The molecule has 4 rings (SSSR count). The predicted molar refractivity (Wildman–Crippen MR) is 125 cm³/mol. The lowest BCUT2D eigenvalue weighted by atomic mass is 10.1. The standard InChI is InChI=1S/C24H23ClN2O5S/c25-20-7-9-21(10-8-20)33(29,30)27(13-12-18-4-2-1-3-5-18)16-24(28)26-15-19-6-11-22-23(14-19)32-17-31-22/h1-11,14H,12-13,15-17H2,(H,26,28). The third-order valence-corrected chi connectivity index (χ3v) is 7.30. The Morgan fingerprint density at radius 2 is 1.67 bits per heavy atom. The van der Waals surface area contributed by atoms with Crippen molar-refractivity contribution >= 4 is 27.5 Å². The Morgan fingerprint density at radius 3 is 2.42 bits per heavy atom. The average Bonchev–Trinajstić information content (AvgIpc) is 3.29. The van der Waals surface area contributed by atoms with Gasteiger partial charge in [-0.05, 0) is 53.9 Å². The number of hydrogen-bond donors (Lipinski definition) is 1. The molecule has 3 aromatic rings. The van der Waals surface area contributed by atoms with Crippen LogP contribution in [0.3, 0.4) is 0 Å². The molecule has 0 atom stereocenters. The Hall–Kier alpha value is -3.07. The second kappa shape index (κ2) is 10.2. The number of rotatable bonds is 9. The number of ether oxygens (including phenoxy) is 2. The highest BCUT2D eigenvalue weighted by atomic mass is 35.5. The van der Waals surface area contributed by atoms with E-state index in [2.05, 4.69) is 5.32 Å². The SMILES string of the molecule is O=C(CN(CCc1ccccc1)S(=O)(=O)c1ccc(Cl)cc1)NCc1ccc2c(c1)OCO2. The number of amides is 1. The summed E-state index contributed by atoms with van der Waals surface area (Å²) in [4.78, 5) is 12.8. The number of hydrogen-bond acceptors (Lipinski definition) is 5. The highest BCUT2D eigenvalue weighted by molar-refractivity contribution is 7.89. The second-order valence-electron chi connectivity index (χ2n) is 7.49. The van der Waals surface area contributed by atoms with Crippen LogP contribution in [0.5, 0.6) is 11.5 Å². The van der Waals surface area contributed by atoms with Gasteiger partial charge in [0, 0.05) is 18.1 Å². The fraction of sp³-hybridized carbons (Fsp3) is 0.208. The zero-order chi connectivity index (χ0) is 23.3. The van der Waals surface area contributed by atoms with Gasteiger partial charge in [0.05, 0.1) is 11.4 Å². The van der Waals surface area contributed by atoms with E-state index >= 15 is 0 Å². The first-order valence-corrected chi connectivity index (χ1v) is 12.2. The van der Waals surface area contributed by atoms with Crippen molar-refractivity contribution < 1.29 is 22.7 Å². The van der Waals surface area contributed by atoms with Gasteiger partial charge in [-0.2, -0.15) is 4.31 Å². The molecular weight excluding hydrogens is 464 g/mol. The molecule has 1 amide bonds. The van der Waals surface area contributed by atoms with Crippen molar-refractivity contribution in [3.05, 3.63) is 88.9 Å². The van der Waals surface area contributed by atoms with Crippen molar-refractivity contribution in [1.29, 1.82) is 0 Å². The first-order chi connectivity index (χ1) is 15.9. The molecule has 1 N–H and O–H groups in total. The summed E-state index contributed by atoms with van der Waals surface area (Å²) >= 11 is 5.91. The molecule has 0 saturated heterocycles. The zero-order valence-corrected chi connectivity index (χ0v) is 19.3. The molecular formula is C24H23ClN2O5S. The predicted octanol–water partition coefficient (Wildman–Crippen LogP) is 3.62. The lowest BCUT2D eigenvalue weighted by molar-refractivity contribution is -0.121. The summed E-state index contributed by atoms with van der Waals surface area (Å²) in [5.41, 5.74) is 1.80. The van der Waals surface area contributed by atoms with E-state index in [0.29, 0.717) is 22.9 Å². The zero-order valence-electron chi connectivity index (χ0n) is 17.7. The number of fused-ring (bicyclic) bond motifs is 1. The van der Waals surface area contributed by atoms with Crippen molar-refractivity contribution in [1.82, 2.24) is 9.62 Å². The van der Waals surface area contributed by atoms with Crippen LogP contribution in [-0.2, 0) is 27.8 Å². The Kier molecular flexibility index (Phi) is 7.17. The van der Waals surface area contributed by atoms with Crippen LogP contribution < -0.4 is 14.8 Å². The summed E-state index contributed by atoms with van der Waals surface area (Å²) in [5.74, 6) is 0.876. The Bertz CT molecular complexity index is 1220. The third kappa shape index (κ3) is 5.84. The molecule has 33 heavy (non-hydrogen) atoms. The number of sulfonamides is 1. The maximum absolute atomic E-state index is 13.3. The molecule has 0 fully saturated rings. The van der Waals surface area contributed by atoms with Gasteiger partial charge in [0.1, 0.15) is 0 Å². The molecule has 3 aromatic carbocycles. The molecule has 1 aliphatic rings. The molecule has 0 bridgehead atoms. The van der Waals surface area contributed by atoms with Crippen molar-refractivity contribution in [3.63, 3.8) is 0 Å². The van der Waals surface area contributed by atoms with E-state index in [1.807, 2.05) is 36.4 Å². The number of nitrogens with zero attached hydrogens (tertiary/aromatic N) is 1. The summed E-state index contributed by atoms with van der Waals surface area (Å²) in [6.45, 7) is 0.266. The molecule has 1 heterocycles. The number of carbonyl (C=O) groups is 1.